The molecule has 0 amide bonds. The summed E-state index contributed by atoms with van der Waals surface area (Å²) >= 11 is 5.10. The maximum atomic E-state index is 11.9. The molecule has 15 heavy (non-hydrogen) atoms. The minimum Gasteiger partial charge on any atom is -0.465 e. The average molecular weight is 231 g/mol. The quantitative estimate of drug-likeness (QED) is 0.268. The molecule has 1 aliphatic heterocycles. The molecule has 86 valence electrons. The van der Waals surface area contributed by atoms with Crippen LogP contribution in [0.15, 0.2) is 0 Å². The normalized spacial score (nSPS) is 25.7. The fraction of sp³-hybridized carbons (Fsp3) is 0.778. The van der Waals surface area contributed by atoms with Gasteiger partial charge in [-0.2, -0.15) is 0 Å². The second kappa shape index (κ2) is 5.39. The van der Waals surface area contributed by atoms with Crippen LogP contribution in [0.25, 0.3) is 0 Å². The number of carbonyl (C=O) groups is 1. The molecule has 1 heterocycles. The van der Waals surface area contributed by atoms with E-state index in [9.17, 15) is 4.79 Å². The Morgan fingerprint density at radius 2 is 2.47 bits per heavy atom. The van der Waals surface area contributed by atoms with Crippen molar-refractivity contribution in [1.29, 1.82) is 0 Å². The first-order chi connectivity index (χ1) is 7.17. The van der Waals surface area contributed by atoms with Crippen LogP contribution in [0.1, 0.15) is 19.8 Å². The molecule has 0 aromatic carbocycles. The van der Waals surface area contributed by atoms with E-state index in [0.717, 1.165) is 13.0 Å². The van der Waals surface area contributed by atoms with Gasteiger partial charge in [0.05, 0.1) is 6.61 Å². The molecule has 1 saturated heterocycles. The van der Waals surface area contributed by atoms with E-state index in [-0.39, 0.29) is 5.97 Å². The molecule has 0 aromatic heterocycles. The first kappa shape index (κ1) is 12.4. The fourth-order valence-corrected chi connectivity index (χ4v) is 2.03. The zero-order valence-electron chi connectivity index (χ0n) is 8.84. The Kier molecular flexibility index (Phi) is 4.44. The van der Waals surface area contributed by atoms with Crippen LogP contribution in [-0.4, -0.2) is 30.7 Å². The summed E-state index contributed by atoms with van der Waals surface area (Å²) in [5.74, 6) is 5.00. The van der Waals surface area contributed by atoms with Crippen molar-refractivity contribution in [2.24, 2.45) is 11.3 Å². The fourth-order valence-electron chi connectivity index (χ4n) is 1.77. The largest absolute Gasteiger partial charge is 0.465 e. The van der Waals surface area contributed by atoms with E-state index in [1.165, 1.54) is 0 Å². The summed E-state index contributed by atoms with van der Waals surface area (Å²) in [7, 11) is 0. The number of hydrogen-bond acceptors (Lipinski definition) is 5. The van der Waals surface area contributed by atoms with Crippen LogP contribution in [0.4, 0.5) is 0 Å². The summed E-state index contributed by atoms with van der Waals surface area (Å²) in [6.45, 7) is 3.53. The number of rotatable bonds is 3. The zero-order valence-corrected chi connectivity index (χ0v) is 9.65. The number of esters is 1. The summed E-state index contributed by atoms with van der Waals surface area (Å²) in [5.41, 5.74) is 1.63. The Labute approximate surface area is 94.7 Å². The lowest BCUT2D eigenvalue weighted by molar-refractivity contribution is -0.152. The van der Waals surface area contributed by atoms with Crippen molar-refractivity contribution < 1.29 is 9.53 Å². The standard InChI is InChI=1S/C9H17N3O2S/c1-2-14-8(13)9(7(15)12-10)4-3-5-11-6-9/h11H,2-6,10H2,1H3,(H,12,15). The van der Waals surface area contributed by atoms with Crippen molar-refractivity contribution in [3.63, 3.8) is 0 Å². The Morgan fingerprint density at radius 3 is 2.93 bits per heavy atom. The molecule has 0 saturated carbocycles. The minimum atomic E-state index is -0.779. The van der Waals surface area contributed by atoms with Crippen molar-refractivity contribution in [3.8, 4) is 0 Å². The summed E-state index contributed by atoms with van der Waals surface area (Å²) in [6, 6.07) is 0. The Balaban J connectivity index is 2.84. The van der Waals surface area contributed by atoms with E-state index in [0.29, 0.717) is 24.6 Å². The number of piperidine rings is 1. The number of nitrogens with two attached hydrogens (primary N) is 1. The maximum absolute atomic E-state index is 11.9. The molecule has 1 fully saturated rings. The molecule has 1 rings (SSSR count). The zero-order chi connectivity index (χ0) is 11.3. The van der Waals surface area contributed by atoms with Gasteiger partial charge in [-0.05, 0) is 26.3 Å². The van der Waals surface area contributed by atoms with Crippen molar-refractivity contribution in [2.45, 2.75) is 19.8 Å². The monoisotopic (exact) mass is 231 g/mol. The highest BCUT2D eigenvalue weighted by Crippen LogP contribution is 2.29. The lowest BCUT2D eigenvalue weighted by Crippen LogP contribution is -2.56. The molecule has 0 radical (unpaired) electrons. The predicted octanol–water partition coefficient (Wildman–Crippen LogP) is -0.290. The molecule has 6 heteroatoms. The maximum Gasteiger partial charge on any atom is 0.320 e. The van der Waals surface area contributed by atoms with E-state index in [4.69, 9.17) is 22.8 Å². The first-order valence-corrected chi connectivity index (χ1v) is 5.47. The summed E-state index contributed by atoms with van der Waals surface area (Å²) in [5, 5.41) is 3.15. The number of hydrazine groups is 1. The lowest BCUT2D eigenvalue weighted by Gasteiger charge is -2.35. The van der Waals surface area contributed by atoms with Gasteiger partial charge in [0.25, 0.3) is 0 Å². The minimum absolute atomic E-state index is 0.292. The van der Waals surface area contributed by atoms with Gasteiger partial charge in [0, 0.05) is 6.54 Å². The third kappa shape index (κ3) is 2.45. The van der Waals surface area contributed by atoms with Crippen molar-refractivity contribution >= 4 is 23.2 Å². The highest BCUT2D eigenvalue weighted by atomic mass is 32.1. The van der Waals surface area contributed by atoms with Gasteiger partial charge in [-0.25, -0.2) is 5.84 Å². The molecule has 1 atom stereocenters. The van der Waals surface area contributed by atoms with Gasteiger partial charge in [-0.3, -0.25) is 4.79 Å². The molecule has 5 nitrogen and oxygen atoms in total. The topological polar surface area (TPSA) is 76.4 Å². The van der Waals surface area contributed by atoms with Crippen LogP contribution in [0.5, 0.6) is 0 Å². The third-order valence-electron chi connectivity index (χ3n) is 2.62. The highest BCUT2D eigenvalue weighted by molar-refractivity contribution is 7.80. The molecular formula is C9H17N3O2S. The molecule has 1 unspecified atom stereocenters. The van der Waals surface area contributed by atoms with Crippen LogP contribution in [0.2, 0.25) is 0 Å². The highest BCUT2D eigenvalue weighted by Gasteiger charge is 2.44. The molecule has 0 aliphatic carbocycles. The second-order valence-corrected chi connectivity index (χ2v) is 3.96. The van der Waals surface area contributed by atoms with Crippen LogP contribution in [0, 0.1) is 5.41 Å². The van der Waals surface area contributed by atoms with E-state index in [1.54, 1.807) is 6.92 Å². The third-order valence-corrected chi connectivity index (χ3v) is 3.12. The molecule has 0 aromatic rings. The smallest absolute Gasteiger partial charge is 0.320 e. The Morgan fingerprint density at radius 1 is 1.73 bits per heavy atom. The van der Waals surface area contributed by atoms with E-state index in [2.05, 4.69) is 10.7 Å². The van der Waals surface area contributed by atoms with E-state index in [1.807, 2.05) is 0 Å². The van der Waals surface area contributed by atoms with Gasteiger partial charge in [-0.1, -0.05) is 12.2 Å². The van der Waals surface area contributed by atoms with Crippen molar-refractivity contribution in [1.82, 2.24) is 10.7 Å². The summed E-state index contributed by atoms with van der Waals surface area (Å²) < 4.78 is 5.05. The Bertz CT molecular complexity index is 252. The number of ether oxygens (including phenoxy) is 1. The molecule has 4 N–H and O–H groups in total. The van der Waals surface area contributed by atoms with Crippen molar-refractivity contribution in [3.05, 3.63) is 0 Å². The average Bonchev–Trinajstić information content (AvgIpc) is 2.29. The predicted molar refractivity (Wildman–Crippen MR) is 61.1 cm³/mol. The van der Waals surface area contributed by atoms with Gasteiger partial charge in [0.1, 0.15) is 10.4 Å². The molecule has 0 spiro atoms. The van der Waals surface area contributed by atoms with Crippen LogP contribution < -0.4 is 16.6 Å². The van der Waals surface area contributed by atoms with E-state index >= 15 is 0 Å². The molecular weight excluding hydrogens is 214 g/mol. The first-order valence-electron chi connectivity index (χ1n) is 5.06. The number of thiocarbonyl (C=S) groups is 1. The second-order valence-electron chi connectivity index (χ2n) is 3.56. The number of hydrogen-bond donors (Lipinski definition) is 3. The summed E-state index contributed by atoms with van der Waals surface area (Å²) in [6.07, 6.45) is 1.57. The SMILES string of the molecule is CCOC(=O)C1(C(=S)NN)CCCNC1. The van der Waals surface area contributed by atoms with Gasteiger partial charge < -0.3 is 15.5 Å². The number of nitrogens with one attached hydrogen (secondary N) is 2. The molecule has 0 bridgehead atoms. The van der Waals surface area contributed by atoms with Gasteiger partial charge in [0.15, 0.2) is 0 Å². The van der Waals surface area contributed by atoms with Crippen molar-refractivity contribution in [2.75, 3.05) is 19.7 Å². The van der Waals surface area contributed by atoms with Crippen LogP contribution in [0.3, 0.4) is 0 Å². The van der Waals surface area contributed by atoms with E-state index < -0.39 is 5.41 Å². The summed E-state index contributed by atoms with van der Waals surface area (Å²) in [4.78, 5) is 12.2. The van der Waals surface area contributed by atoms with Gasteiger partial charge in [0.2, 0.25) is 0 Å². The van der Waals surface area contributed by atoms with Gasteiger partial charge in [-0.15, -0.1) is 0 Å². The van der Waals surface area contributed by atoms with Gasteiger partial charge >= 0.3 is 5.97 Å². The van der Waals surface area contributed by atoms with Crippen LogP contribution >= 0.6 is 12.2 Å². The lowest BCUT2D eigenvalue weighted by atomic mass is 9.80. The molecule has 1 aliphatic rings. The Hall–Kier alpha value is -0.720. The van der Waals surface area contributed by atoms with Crippen LogP contribution in [-0.2, 0) is 9.53 Å². The number of carbonyl (C=O) groups excluding carboxylic acids is 1.